The maximum absolute atomic E-state index is 12.4. The molecule has 6 nitrogen and oxygen atoms in total. The lowest BCUT2D eigenvalue weighted by Gasteiger charge is -2.21. The molecular formula is C19H23N3O3. The number of hydrogen-bond acceptors (Lipinski definition) is 3. The van der Waals surface area contributed by atoms with Crippen molar-refractivity contribution in [3.8, 4) is 5.75 Å². The highest BCUT2D eigenvalue weighted by atomic mass is 16.5. The molecule has 132 valence electrons. The minimum Gasteiger partial charge on any atom is -0.495 e. The average molecular weight is 341 g/mol. The Labute approximate surface area is 147 Å². The lowest BCUT2D eigenvalue weighted by Crippen LogP contribution is -2.43. The van der Waals surface area contributed by atoms with E-state index in [1.807, 2.05) is 39.0 Å². The van der Waals surface area contributed by atoms with Gasteiger partial charge < -0.3 is 20.7 Å². The summed E-state index contributed by atoms with van der Waals surface area (Å²) in [6.45, 7) is 5.65. The quantitative estimate of drug-likeness (QED) is 0.790. The standard InChI is InChI=1S/C19H23N3O3/c1-19(2,3)22-18(24)21-15-12-13(10-11-16(15)25-4)17(23)20-14-8-6-5-7-9-14/h5-12H,1-4H3,(H,20,23)(H2,21,22,24). The van der Waals surface area contributed by atoms with Crippen molar-refractivity contribution in [1.29, 1.82) is 0 Å². The summed E-state index contributed by atoms with van der Waals surface area (Å²) >= 11 is 0. The molecule has 0 bridgehead atoms. The monoisotopic (exact) mass is 341 g/mol. The van der Waals surface area contributed by atoms with Crippen LogP contribution in [0.3, 0.4) is 0 Å². The number of anilines is 2. The highest BCUT2D eigenvalue weighted by Gasteiger charge is 2.16. The minimum absolute atomic E-state index is 0.270. The van der Waals surface area contributed by atoms with Gasteiger partial charge in [0.05, 0.1) is 12.8 Å². The van der Waals surface area contributed by atoms with E-state index in [9.17, 15) is 9.59 Å². The first-order valence-electron chi connectivity index (χ1n) is 7.92. The molecule has 2 aromatic carbocycles. The fraction of sp³-hybridized carbons (Fsp3) is 0.263. The molecule has 3 amide bonds. The van der Waals surface area contributed by atoms with Crippen molar-refractivity contribution in [2.75, 3.05) is 17.7 Å². The number of para-hydroxylation sites is 1. The number of methoxy groups -OCH3 is 1. The van der Waals surface area contributed by atoms with Crippen LogP contribution in [0.5, 0.6) is 5.75 Å². The molecule has 0 saturated carbocycles. The van der Waals surface area contributed by atoms with Gasteiger partial charge in [0, 0.05) is 16.8 Å². The Hall–Kier alpha value is -3.02. The first-order valence-corrected chi connectivity index (χ1v) is 7.92. The van der Waals surface area contributed by atoms with Gasteiger partial charge in [-0.2, -0.15) is 0 Å². The topological polar surface area (TPSA) is 79.5 Å². The van der Waals surface area contributed by atoms with Crippen LogP contribution < -0.4 is 20.7 Å². The third kappa shape index (κ3) is 5.53. The van der Waals surface area contributed by atoms with E-state index in [4.69, 9.17) is 4.74 Å². The Kier molecular flexibility index (Phi) is 5.64. The molecular weight excluding hydrogens is 318 g/mol. The molecule has 2 rings (SSSR count). The molecule has 0 fully saturated rings. The molecule has 0 aliphatic carbocycles. The highest BCUT2D eigenvalue weighted by Crippen LogP contribution is 2.26. The number of rotatable bonds is 4. The molecule has 0 unspecified atom stereocenters. The van der Waals surface area contributed by atoms with Crippen LogP contribution in [0.1, 0.15) is 31.1 Å². The van der Waals surface area contributed by atoms with Crippen LogP contribution in [0.25, 0.3) is 0 Å². The molecule has 0 aliphatic rings. The van der Waals surface area contributed by atoms with Crippen LogP contribution in [-0.2, 0) is 0 Å². The second kappa shape index (κ2) is 7.70. The van der Waals surface area contributed by atoms with Crippen molar-refractivity contribution in [3.63, 3.8) is 0 Å². The summed E-state index contributed by atoms with van der Waals surface area (Å²) in [5.41, 5.74) is 1.16. The van der Waals surface area contributed by atoms with E-state index >= 15 is 0 Å². The number of nitrogens with one attached hydrogen (secondary N) is 3. The van der Waals surface area contributed by atoms with E-state index in [1.165, 1.54) is 7.11 Å². The van der Waals surface area contributed by atoms with Gasteiger partial charge >= 0.3 is 6.03 Å². The maximum Gasteiger partial charge on any atom is 0.319 e. The molecule has 2 aromatic rings. The second-order valence-electron chi connectivity index (χ2n) is 6.56. The first-order chi connectivity index (χ1) is 11.8. The van der Waals surface area contributed by atoms with E-state index in [1.54, 1.807) is 30.3 Å². The summed E-state index contributed by atoms with van der Waals surface area (Å²) in [5, 5.41) is 8.33. The van der Waals surface area contributed by atoms with E-state index in [-0.39, 0.29) is 17.5 Å². The van der Waals surface area contributed by atoms with Gasteiger partial charge in [-0.25, -0.2) is 4.79 Å². The summed E-state index contributed by atoms with van der Waals surface area (Å²) < 4.78 is 5.26. The normalized spacial score (nSPS) is 10.7. The van der Waals surface area contributed by atoms with E-state index < -0.39 is 0 Å². The first kappa shape index (κ1) is 18.3. The number of carbonyl (C=O) groups is 2. The smallest absolute Gasteiger partial charge is 0.319 e. The number of carbonyl (C=O) groups excluding carboxylic acids is 2. The highest BCUT2D eigenvalue weighted by molar-refractivity contribution is 6.05. The van der Waals surface area contributed by atoms with Gasteiger partial charge in [0.25, 0.3) is 5.91 Å². The average Bonchev–Trinajstić information content (AvgIpc) is 2.54. The van der Waals surface area contributed by atoms with Gasteiger partial charge in [-0.05, 0) is 51.1 Å². The second-order valence-corrected chi connectivity index (χ2v) is 6.56. The van der Waals surface area contributed by atoms with Gasteiger partial charge in [-0.3, -0.25) is 4.79 Å². The van der Waals surface area contributed by atoms with Crippen LogP contribution in [0.15, 0.2) is 48.5 Å². The molecule has 3 N–H and O–H groups in total. The predicted octanol–water partition coefficient (Wildman–Crippen LogP) is 3.87. The number of hydrogen-bond donors (Lipinski definition) is 3. The Morgan fingerprint density at radius 3 is 2.24 bits per heavy atom. The predicted molar refractivity (Wildman–Crippen MR) is 99.3 cm³/mol. The van der Waals surface area contributed by atoms with Gasteiger partial charge in [-0.1, -0.05) is 18.2 Å². The van der Waals surface area contributed by atoms with Crippen LogP contribution in [-0.4, -0.2) is 24.6 Å². The SMILES string of the molecule is COc1ccc(C(=O)Nc2ccccc2)cc1NC(=O)NC(C)(C)C. The van der Waals surface area contributed by atoms with Crippen molar-refractivity contribution in [2.45, 2.75) is 26.3 Å². The third-order valence-electron chi connectivity index (χ3n) is 3.23. The molecule has 0 aliphatic heterocycles. The molecule has 0 saturated heterocycles. The van der Waals surface area contributed by atoms with Crippen LogP contribution >= 0.6 is 0 Å². The molecule has 6 heteroatoms. The fourth-order valence-corrected chi connectivity index (χ4v) is 2.17. The molecule has 25 heavy (non-hydrogen) atoms. The van der Waals surface area contributed by atoms with Gasteiger partial charge in [0.2, 0.25) is 0 Å². The van der Waals surface area contributed by atoms with Crippen LogP contribution in [0, 0.1) is 0 Å². The van der Waals surface area contributed by atoms with E-state index in [2.05, 4.69) is 16.0 Å². The van der Waals surface area contributed by atoms with Gasteiger partial charge in [0.15, 0.2) is 0 Å². The Balaban J connectivity index is 2.18. The zero-order valence-electron chi connectivity index (χ0n) is 14.8. The Morgan fingerprint density at radius 2 is 1.64 bits per heavy atom. The van der Waals surface area contributed by atoms with Crippen LogP contribution in [0.4, 0.5) is 16.2 Å². The van der Waals surface area contributed by atoms with Crippen molar-refractivity contribution >= 4 is 23.3 Å². The van der Waals surface area contributed by atoms with Crippen molar-refractivity contribution in [2.24, 2.45) is 0 Å². The minimum atomic E-state index is -0.375. The maximum atomic E-state index is 12.4. The lowest BCUT2D eigenvalue weighted by atomic mass is 10.1. The van der Waals surface area contributed by atoms with Gasteiger partial charge in [-0.15, -0.1) is 0 Å². The van der Waals surface area contributed by atoms with Crippen LogP contribution in [0.2, 0.25) is 0 Å². The zero-order chi connectivity index (χ0) is 18.4. The molecule has 0 atom stereocenters. The van der Waals surface area contributed by atoms with Crippen molar-refractivity contribution in [1.82, 2.24) is 5.32 Å². The van der Waals surface area contributed by atoms with E-state index in [0.29, 0.717) is 22.7 Å². The largest absolute Gasteiger partial charge is 0.495 e. The summed E-state index contributed by atoms with van der Waals surface area (Å²) in [4.78, 5) is 24.5. The number of ether oxygens (including phenoxy) is 1. The molecule has 0 aromatic heterocycles. The van der Waals surface area contributed by atoms with Gasteiger partial charge in [0.1, 0.15) is 5.75 Å². The fourth-order valence-electron chi connectivity index (χ4n) is 2.17. The third-order valence-corrected chi connectivity index (χ3v) is 3.23. The Morgan fingerprint density at radius 1 is 0.960 bits per heavy atom. The number of urea groups is 1. The zero-order valence-corrected chi connectivity index (χ0v) is 14.8. The molecule has 0 radical (unpaired) electrons. The summed E-state index contributed by atoms with van der Waals surface area (Å²) in [6.07, 6.45) is 0. The number of amides is 3. The summed E-state index contributed by atoms with van der Waals surface area (Å²) in [5.74, 6) is 0.202. The summed E-state index contributed by atoms with van der Waals surface area (Å²) in [6, 6.07) is 13.7. The lowest BCUT2D eigenvalue weighted by molar-refractivity contribution is 0.102. The molecule has 0 spiro atoms. The van der Waals surface area contributed by atoms with E-state index in [0.717, 1.165) is 0 Å². The summed E-state index contributed by atoms with van der Waals surface area (Å²) in [7, 11) is 1.51. The van der Waals surface area contributed by atoms with Crippen molar-refractivity contribution in [3.05, 3.63) is 54.1 Å². The molecule has 0 heterocycles. The van der Waals surface area contributed by atoms with Crippen molar-refractivity contribution < 1.29 is 14.3 Å². The number of benzene rings is 2. The Bertz CT molecular complexity index is 752.